The van der Waals surface area contributed by atoms with E-state index in [0.717, 1.165) is 16.1 Å². The van der Waals surface area contributed by atoms with Gasteiger partial charge >= 0.3 is 0 Å². The maximum Gasteiger partial charge on any atom is 0.244 e. The molecule has 1 N–H and O–H groups in total. The Bertz CT molecular complexity index is 1420. The number of benzene rings is 3. The standard InChI is InChI=1S/C31H38FN3O5S/c1-6-40-26-18-16-25(17-19-26)35(41(5,38)39)22-29(36)34(21-24-14-10-11-15-27(24)32)28(30(37)33-31(2,3)4)20-23-12-8-7-9-13-23/h7-19,28H,6,20-22H2,1-5H3,(H,33,37). The van der Waals surface area contributed by atoms with E-state index in [4.69, 9.17) is 4.74 Å². The zero-order valence-electron chi connectivity index (χ0n) is 24.1. The minimum absolute atomic E-state index is 0.144. The normalized spacial score (nSPS) is 12.3. The van der Waals surface area contributed by atoms with Crippen LogP contribution in [0.4, 0.5) is 10.1 Å². The van der Waals surface area contributed by atoms with Crippen LogP contribution in [0.5, 0.6) is 5.75 Å². The molecule has 0 aromatic heterocycles. The number of ether oxygens (including phenoxy) is 1. The number of hydrogen-bond donors (Lipinski definition) is 1. The molecule has 3 aromatic rings. The molecule has 1 atom stereocenters. The number of nitrogens with zero attached hydrogens (tertiary/aromatic N) is 2. The Morgan fingerprint density at radius 2 is 1.56 bits per heavy atom. The zero-order valence-corrected chi connectivity index (χ0v) is 24.9. The molecule has 2 amide bonds. The molecule has 0 aliphatic carbocycles. The highest BCUT2D eigenvalue weighted by molar-refractivity contribution is 7.92. The maximum atomic E-state index is 14.8. The van der Waals surface area contributed by atoms with Crippen LogP contribution in [0.3, 0.4) is 0 Å². The van der Waals surface area contributed by atoms with E-state index in [1.807, 2.05) is 58.0 Å². The van der Waals surface area contributed by atoms with Crippen molar-refractivity contribution in [1.82, 2.24) is 10.2 Å². The van der Waals surface area contributed by atoms with Gasteiger partial charge in [0.1, 0.15) is 24.2 Å². The summed E-state index contributed by atoms with van der Waals surface area (Å²) < 4.78 is 47.0. The fourth-order valence-corrected chi connectivity index (χ4v) is 5.16. The van der Waals surface area contributed by atoms with Crippen LogP contribution in [0.1, 0.15) is 38.8 Å². The lowest BCUT2D eigenvalue weighted by Crippen LogP contribution is -2.56. The molecular weight excluding hydrogens is 545 g/mol. The third kappa shape index (κ3) is 9.31. The van der Waals surface area contributed by atoms with E-state index in [0.29, 0.717) is 12.4 Å². The lowest BCUT2D eigenvalue weighted by Gasteiger charge is -2.35. The van der Waals surface area contributed by atoms with Gasteiger partial charge in [-0.3, -0.25) is 13.9 Å². The monoisotopic (exact) mass is 583 g/mol. The Hall–Kier alpha value is -3.92. The molecule has 3 rings (SSSR count). The summed E-state index contributed by atoms with van der Waals surface area (Å²) in [6, 6.07) is 20.5. The maximum absolute atomic E-state index is 14.8. The van der Waals surface area contributed by atoms with Gasteiger partial charge in [0.25, 0.3) is 0 Å². The molecule has 0 spiro atoms. The van der Waals surface area contributed by atoms with Crippen molar-refractivity contribution in [3.8, 4) is 5.75 Å². The number of sulfonamides is 1. The number of amides is 2. The average Bonchev–Trinajstić information content (AvgIpc) is 2.90. The number of rotatable bonds is 12. The molecule has 0 heterocycles. The first-order valence-corrected chi connectivity index (χ1v) is 15.2. The van der Waals surface area contributed by atoms with Crippen LogP contribution in [0.25, 0.3) is 0 Å². The van der Waals surface area contributed by atoms with Crippen molar-refractivity contribution in [1.29, 1.82) is 0 Å². The van der Waals surface area contributed by atoms with E-state index in [1.54, 1.807) is 30.3 Å². The molecular formula is C31H38FN3O5S. The van der Waals surface area contributed by atoms with Crippen LogP contribution in [0.2, 0.25) is 0 Å². The second-order valence-electron chi connectivity index (χ2n) is 10.8. The van der Waals surface area contributed by atoms with Crippen molar-refractivity contribution in [2.24, 2.45) is 0 Å². The fourth-order valence-electron chi connectivity index (χ4n) is 4.31. The summed E-state index contributed by atoms with van der Waals surface area (Å²) in [7, 11) is -3.92. The van der Waals surface area contributed by atoms with Crippen LogP contribution < -0.4 is 14.4 Å². The fraction of sp³-hybridized carbons (Fsp3) is 0.355. The number of nitrogens with one attached hydrogen (secondary N) is 1. The number of anilines is 1. The van der Waals surface area contributed by atoms with Crippen molar-refractivity contribution in [3.63, 3.8) is 0 Å². The predicted molar refractivity (Wildman–Crippen MR) is 159 cm³/mol. The molecule has 220 valence electrons. The van der Waals surface area contributed by atoms with Crippen molar-refractivity contribution in [3.05, 3.63) is 95.8 Å². The predicted octanol–water partition coefficient (Wildman–Crippen LogP) is 4.55. The van der Waals surface area contributed by atoms with Crippen molar-refractivity contribution in [2.75, 3.05) is 23.7 Å². The van der Waals surface area contributed by atoms with E-state index < -0.39 is 45.8 Å². The third-order valence-corrected chi connectivity index (χ3v) is 7.32. The van der Waals surface area contributed by atoms with Crippen LogP contribution in [-0.2, 0) is 32.6 Å². The first kappa shape index (κ1) is 31.6. The Balaban J connectivity index is 2.06. The van der Waals surface area contributed by atoms with Crippen molar-refractivity contribution >= 4 is 27.5 Å². The van der Waals surface area contributed by atoms with Gasteiger partial charge in [0, 0.05) is 24.1 Å². The first-order chi connectivity index (χ1) is 19.3. The highest BCUT2D eigenvalue weighted by Gasteiger charge is 2.34. The van der Waals surface area contributed by atoms with Gasteiger partial charge < -0.3 is 15.0 Å². The number of carbonyl (C=O) groups excluding carboxylic acids is 2. The van der Waals surface area contributed by atoms with Crippen LogP contribution in [-0.4, -0.2) is 56.1 Å². The Morgan fingerprint density at radius 1 is 0.951 bits per heavy atom. The van der Waals surface area contributed by atoms with E-state index in [1.165, 1.54) is 23.1 Å². The molecule has 41 heavy (non-hydrogen) atoms. The highest BCUT2D eigenvalue weighted by Crippen LogP contribution is 2.24. The smallest absolute Gasteiger partial charge is 0.244 e. The summed E-state index contributed by atoms with van der Waals surface area (Å²) in [5.74, 6) is -1.07. The summed E-state index contributed by atoms with van der Waals surface area (Å²) in [6.07, 6.45) is 1.15. The SMILES string of the molecule is CCOc1ccc(N(CC(=O)N(Cc2ccccc2F)C(Cc2ccccc2)C(=O)NC(C)(C)C)S(C)(=O)=O)cc1. The largest absolute Gasteiger partial charge is 0.494 e. The van der Waals surface area contributed by atoms with Gasteiger partial charge in [0.05, 0.1) is 18.6 Å². The Morgan fingerprint density at radius 3 is 2.12 bits per heavy atom. The quantitative estimate of drug-likeness (QED) is 0.338. The van der Waals surface area contributed by atoms with Gasteiger partial charge in [0.15, 0.2) is 0 Å². The molecule has 0 saturated carbocycles. The Labute approximate surface area is 242 Å². The average molecular weight is 584 g/mol. The van der Waals surface area contributed by atoms with Crippen molar-refractivity contribution < 1.29 is 27.1 Å². The van der Waals surface area contributed by atoms with Gasteiger partial charge in [-0.1, -0.05) is 48.5 Å². The molecule has 10 heteroatoms. The molecule has 8 nitrogen and oxygen atoms in total. The van der Waals surface area contributed by atoms with Crippen molar-refractivity contribution in [2.45, 2.75) is 52.2 Å². The summed E-state index contributed by atoms with van der Waals surface area (Å²) in [6.45, 7) is 6.93. The van der Waals surface area contributed by atoms with E-state index in [9.17, 15) is 22.4 Å². The molecule has 0 aliphatic heterocycles. The summed E-state index contributed by atoms with van der Waals surface area (Å²) in [5, 5.41) is 2.94. The number of hydrogen-bond acceptors (Lipinski definition) is 5. The minimum Gasteiger partial charge on any atom is -0.494 e. The van der Waals surface area contributed by atoms with Gasteiger partial charge in [-0.15, -0.1) is 0 Å². The molecule has 0 bridgehead atoms. The zero-order chi connectivity index (χ0) is 30.2. The second-order valence-corrected chi connectivity index (χ2v) is 12.7. The third-order valence-electron chi connectivity index (χ3n) is 6.18. The number of halogens is 1. The second kappa shape index (κ2) is 13.6. The molecule has 0 fully saturated rings. The van der Waals surface area contributed by atoms with E-state index >= 15 is 0 Å². The lowest BCUT2D eigenvalue weighted by atomic mass is 10.0. The molecule has 3 aromatic carbocycles. The molecule has 0 aliphatic rings. The van der Waals surface area contributed by atoms with Crippen LogP contribution >= 0.6 is 0 Å². The van der Waals surface area contributed by atoms with Gasteiger partial charge in [-0.25, -0.2) is 12.8 Å². The summed E-state index contributed by atoms with van der Waals surface area (Å²) in [4.78, 5) is 29.0. The van der Waals surface area contributed by atoms with E-state index in [2.05, 4.69) is 5.32 Å². The van der Waals surface area contributed by atoms with Gasteiger partial charge in [-0.05, 0) is 63.6 Å². The molecule has 0 radical (unpaired) electrons. The number of carbonyl (C=O) groups is 2. The first-order valence-electron chi connectivity index (χ1n) is 13.4. The van der Waals surface area contributed by atoms with E-state index in [-0.39, 0.29) is 24.2 Å². The van der Waals surface area contributed by atoms with Gasteiger partial charge in [0.2, 0.25) is 21.8 Å². The van der Waals surface area contributed by atoms with Gasteiger partial charge in [-0.2, -0.15) is 0 Å². The minimum atomic E-state index is -3.92. The highest BCUT2D eigenvalue weighted by atomic mass is 32.2. The Kier molecular flexibility index (Phi) is 10.5. The van der Waals surface area contributed by atoms with Crippen LogP contribution in [0, 0.1) is 5.82 Å². The molecule has 1 unspecified atom stereocenters. The lowest BCUT2D eigenvalue weighted by molar-refractivity contribution is -0.140. The van der Waals surface area contributed by atoms with Crippen LogP contribution in [0.15, 0.2) is 78.9 Å². The topological polar surface area (TPSA) is 96.0 Å². The summed E-state index contributed by atoms with van der Waals surface area (Å²) >= 11 is 0. The molecule has 0 saturated heterocycles. The summed E-state index contributed by atoms with van der Waals surface area (Å²) in [5.41, 5.74) is 0.641.